The van der Waals surface area contributed by atoms with Gasteiger partial charge in [0.25, 0.3) is 0 Å². The average molecular weight is 546 g/mol. The Morgan fingerprint density at radius 1 is 1.05 bits per heavy atom. The minimum atomic E-state index is -4.61. The third-order valence-corrected chi connectivity index (χ3v) is 6.36. The van der Waals surface area contributed by atoms with Gasteiger partial charge < -0.3 is 30.9 Å². The van der Waals surface area contributed by atoms with E-state index < -0.39 is 72.9 Å². The third-order valence-electron chi connectivity index (χ3n) is 6.36. The number of aromatic hydroxyl groups is 1. The number of hydrogen-bond acceptors (Lipinski definition) is 6. The number of phenols is 1. The van der Waals surface area contributed by atoms with Gasteiger partial charge in [-0.2, -0.15) is 13.2 Å². The lowest BCUT2D eigenvalue weighted by atomic mass is 9.96. The Bertz CT molecular complexity index is 966. The minimum Gasteiger partial charge on any atom is -0.508 e. The molecule has 1 saturated heterocycles. The van der Waals surface area contributed by atoms with E-state index >= 15 is 0 Å². The van der Waals surface area contributed by atoms with Crippen LogP contribution in [0.25, 0.3) is 0 Å². The number of carbonyl (C=O) groups excluding carboxylic acids is 3. The summed E-state index contributed by atoms with van der Waals surface area (Å²) in [5.74, 6) is -4.34. The van der Waals surface area contributed by atoms with Gasteiger partial charge in [0, 0.05) is 19.4 Å². The molecular weight excluding hydrogens is 511 g/mol. The molecule has 10 nitrogen and oxygen atoms in total. The van der Waals surface area contributed by atoms with Crippen LogP contribution in [-0.2, 0) is 30.3 Å². The van der Waals surface area contributed by atoms with Gasteiger partial charge in [-0.3, -0.25) is 14.4 Å². The molecule has 1 aromatic rings. The van der Waals surface area contributed by atoms with E-state index in [0.717, 1.165) is 0 Å². The monoisotopic (exact) mass is 545 g/mol. The van der Waals surface area contributed by atoms with Crippen molar-refractivity contribution in [3.63, 3.8) is 0 Å². The molecule has 1 aromatic carbocycles. The number of rotatable bonds is 13. The van der Waals surface area contributed by atoms with E-state index in [1.165, 1.54) is 12.1 Å². The van der Waals surface area contributed by atoms with Crippen molar-refractivity contribution in [1.29, 1.82) is 0 Å². The number of ether oxygens (including phenoxy) is 1. The van der Waals surface area contributed by atoms with Crippen molar-refractivity contribution in [3.05, 3.63) is 29.8 Å². The lowest BCUT2D eigenvalue weighted by molar-refractivity contribution is -0.148. The maximum atomic E-state index is 13.3. The molecule has 0 aromatic heterocycles. The molecule has 1 aliphatic heterocycles. The lowest BCUT2D eigenvalue weighted by Crippen LogP contribution is -2.58. The first-order valence-electron chi connectivity index (χ1n) is 12.4. The average Bonchev–Trinajstić information content (AvgIpc) is 3.39. The molecular formula is C25H34F3N3O7. The quantitative estimate of drug-likeness (QED) is 0.254. The predicted octanol–water partition coefficient (Wildman–Crippen LogP) is 2.04. The number of alkyl halides is 3. The van der Waals surface area contributed by atoms with Crippen molar-refractivity contribution in [1.82, 2.24) is 16.0 Å². The standard InChI is InChI=1S/C25H34F3N3O7/c1-3-14(2)20(23(35)29-17(24(36)37)10-11-25(26,27)28)31-21(33)18(13-15-6-8-16(32)9-7-15)30-22(34)19-5-4-12-38-19/h6-9,14,17-20,32H,3-5,10-13H2,1-2H3,(H,29,35)(H,30,34)(H,31,33)(H,36,37)/t14?,17?,18?,19-,20?/m1/s1. The minimum absolute atomic E-state index is 0.00273. The van der Waals surface area contributed by atoms with E-state index in [0.29, 0.717) is 31.4 Å². The highest BCUT2D eigenvalue weighted by Crippen LogP contribution is 2.22. The maximum absolute atomic E-state index is 13.3. The summed E-state index contributed by atoms with van der Waals surface area (Å²) in [5, 5.41) is 26.1. The summed E-state index contributed by atoms with van der Waals surface area (Å²) < 4.78 is 43.2. The van der Waals surface area contributed by atoms with Crippen LogP contribution in [0.3, 0.4) is 0 Å². The number of hydrogen-bond donors (Lipinski definition) is 5. The molecule has 0 spiro atoms. The first-order chi connectivity index (χ1) is 17.8. The van der Waals surface area contributed by atoms with Crippen molar-refractivity contribution in [2.45, 2.75) is 82.8 Å². The molecule has 0 saturated carbocycles. The molecule has 1 heterocycles. The van der Waals surface area contributed by atoms with Crippen LogP contribution in [0.2, 0.25) is 0 Å². The van der Waals surface area contributed by atoms with Crippen LogP contribution in [0, 0.1) is 5.92 Å². The zero-order valence-corrected chi connectivity index (χ0v) is 21.2. The zero-order valence-electron chi connectivity index (χ0n) is 21.2. The van der Waals surface area contributed by atoms with Crippen LogP contribution in [0.1, 0.15) is 51.5 Å². The molecule has 2 rings (SSSR count). The van der Waals surface area contributed by atoms with Crippen LogP contribution < -0.4 is 16.0 Å². The molecule has 3 amide bonds. The maximum Gasteiger partial charge on any atom is 0.389 e. The molecule has 5 atom stereocenters. The van der Waals surface area contributed by atoms with Crippen LogP contribution >= 0.6 is 0 Å². The summed E-state index contributed by atoms with van der Waals surface area (Å²) in [7, 11) is 0. The van der Waals surface area contributed by atoms with E-state index in [1.54, 1.807) is 26.0 Å². The highest BCUT2D eigenvalue weighted by molar-refractivity contribution is 5.94. The van der Waals surface area contributed by atoms with Gasteiger partial charge >= 0.3 is 12.1 Å². The fourth-order valence-corrected chi connectivity index (χ4v) is 3.91. The SMILES string of the molecule is CCC(C)C(NC(=O)C(Cc1ccc(O)cc1)NC(=O)[C@H]1CCCO1)C(=O)NC(CCC(F)(F)F)C(=O)O. The molecule has 5 N–H and O–H groups in total. The Morgan fingerprint density at radius 3 is 2.24 bits per heavy atom. The van der Waals surface area contributed by atoms with Crippen LogP contribution in [-0.4, -0.2) is 70.9 Å². The van der Waals surface area contributed by atoms with Gasteiger partial charge in [0.2, 0.25) is 17.7 Å². The summed E-state index contributed by atoms with van der Waals surface area (Å²) >= 11 is 0. The van der Waals surface area contributed by atoms with Gasteiger partial charge in [-0.05, 0) is 42.9 Å². The molecule has 1 fully saturated rings. The second kappa shape index (κ2) is 14.0. The summed E-state index contributed by atoms with van der Waals surface area (Å²) in [4.78, 5) is 50.4. The van der Waals surface area contributed by atoms with E-state index in [4.69, 9.17) is 4.74 Å². The first-order valence-corrected chi connectivity index (χ1v) is 12.4. The smallest absolute Gasteiger partial charge is 0.389 e. The number of aliphatic carboxylic acids is 1. The highest BCUT2D eigenvalue weighted by atomic mass is 19.4. The molecule has 1 aliphatic rings. The van der Waals surface area contributed by atoms with Crippen molar-refractivity contribution < 1.29 is 47.3 Å². The zero-order chi connectivity index (χ0) is 28.5. The van der Waals surface area contributed by atoms with E-state index in [-0.39, 0.29) is 12.2 Å². The molecule has 0 radical (unpaired) electrons. The van der Waals surface area contributed by atoms with Crippen LogP contribution in [0.5, 0.6) is 5.75 Å². The Morgan fingerprint density at radius 2 is 1.71 bits per heavy atom. The Labute approximate surface area is 218 Å². The largest absolute Gasteiger partial charge is 0.508 e. The number of carboxylic acids is 1. The molecule has 38 heavy (non-hydrogen) atoms. The number of phenolic OH excluding ortho intramolecular Hbond substituents is 1. The van der Waals surface area contributed by atoms with Crippen LogP contribution in [0.15, 0.2) is 24.3 Å². The molecule has 13 heteroatoms. The normalized spacial score (nSPS) is 18.6. The number of halogens is 3. The van der Waals surface area contributed by atoms with Gasteiger partial charge in [0.1, 0.15) is 30.0 Å². The number of carbonyl (C=O) groups is 4. The van der Waals surface area contributed by atoms with Crippen molar-refractivity contribution in [2.75, 3.05) is 6.61 Å². The van der Waals surface area contributed by atoms with E-state index in [2.05, 4.69) is 16.0 Å². The Hall–Kier alpha value is -3.35. The highest BCUT2D eigenvalue weighted by Gasteiger charge is 2.35. The molecule has 0 bridgehead atoms. The van der Waals surface area contributed by atoms with E-state index in [1.807, 2.05) is 0 Å². The second-order valence-electron chi connectivity index (χ2n) is 9.36. The molecule has 0 aliphatic carbocycles. The van der Waals surface area contributed by atoms with Gasteiger partial charge in [-0.15, -0.1) is 0 Å². The van der Waals surface area contributed by atoms with Gasteiger partial charge in [0.15, 0.2) is 0 Å². The fraction of sp³-hybridized carbons (Fsp3) is 0.600. The van der Waals surface area contributed by atoms with Crippen molar-refractivity contribution >= 4 is 23.7 Å². The second-order valence-corrected chi connectivity index (χ2v) is 9.36. The van der Waals surface area contributed by atoms with Gasteiger partial charge in [-0.1, -0.05) is 32.4 Å². The number of carboxylic acid groups (broad SMARTS) is 1. The summed E-state index contributed by atoms with van der Waals surface area (Å²) in [6.07, 6.45) is -6.07. The fourth-order valence-electron chi connectivity index (χ4n) is 3.91. The lowest BCUT2D eigenvalue weighted by Gasteiger charge is -2.28. The first kappa shape index (κ1) is 30.9. The van der Waals surface area contributed by atoms with E-state index in [9.17, 15) is 42.6 Å². The topological polar surface area (TPSA) is 154 Å². The Balaban J connectivity index is 2.20. The molecule has 4 unspecified atom stereocenters. The van der Waals surface area contributed by atoms with Crippen molar-refractivity contribution in [3.8, 4) is 5.75 Å². The third kappa shape index (κ3) is 9.84. The number of benzene rings is 1. The predicted molar refractivity (Wildman–Crippen MR) is 129 cm³/mol. The summed E-state index contributed by atoms with van der Waals surface area (Å²) in [6.45, 7) is 3.75. The van der Waals surface area contributed by atoms with Gasteiger partial charge in [-0.25, -0.2) is 4.79 Å². The number of nitrogens with one attached hydrogen (secondary N) is 3. The van der Waals surface area contributed by atoms with Crippen molar-refractivity contribution in [2.24, 2.45) is 5.92 Å². The number of amides is 3. The van der Waals surface area contributed by atoms with Crippen LogP contribution in [0.4, 0.5) is 13.2 Å². The molecule has 212 valence electrons. The summed E-state index contributed by atoms with van der Waals surface area (Å²) in [5.41, 5.74) is 0.596. The van der Waals surface area contributed by atoms with Gasteiger partial charge in [0.05, 0.1) is 0 Å². The Kier molecular flexibility index (Phi) is 11.4. The summed E-state index contributed by atoms with van der Waals surface area (Å²) in [6, 6.07) is 1.71.